The van der Waals surface area contributed by atoms with E-state index < -0.39 is 9.84 Å². The Morgan fingerprint density at radius 3 is 2.47 bits per heavy atom. The molecule has 1 saturated carbocycles. The lowest BCUT2D eigenvalue weighted by Gasteiger charge is -2.11. The number of nitrogens with one attached hydrogen (secondary N) is 1. The summed E-state index contributed by atoms with van der Waals surface area (Å²) in [5.41, 5.74) is 6.13. The lowest BCUT2D eigenvalue weighted by molar-refractivity contribution is 0.102. The summed E-state index contributed by atoms with van der Waals surface area (Å²) in [6, 6.07) is 0. The van der Waals surface area contributed by atoms with Gasteiger partial charge in [0.15, 0.2) is 15.6 Å². The molecule has 1 heterocycles. The highest BCUT2D eigenvalue weighted by atomic mass is 32.2. The van der Waals surface area contributed by atoms with Gasteiger partial charge in [-0.05, 0) is 18.3 Å². The lowest BCUT2D eigenvalue weighted by Crippen LogP contribution is -2.13. The van der Waals surface area contributed by atoms with Crippen LogP contribution in [0.2, 0.25) is 0 Å². The first kappa shape index (κ1) is 14.3. The Morgan fingerprint density at radius 1 is 1.47 bits per heavy atom. The molecular formula is C12H18N2O3S2. The van der Waals surface area contributed by atoms with E-state index in [-0.39, 0.29) is 21.8 Å². The van der Waals surface area contributed by atoms with Gasteiger partial charge in [0.25, 0.3) is 0 Å². The van der Waals surface area contributed by atoms with E-state index in [0.29, 0.717) is 16.4 Å². The molecule has 0 saturated heterocycles. The minimum absolute atomic E-state index is 0.0620. The Kier molecular flexibility index (Phi) is 3.38. The summed E-state index contributed by atoms with van der Waals surface area (Å²) < 4.78 is 23.7. The molecule has 0 bridgehead atoms. The molecule has 0 aromatic carbocycles. The summed E-state index contributed by atoms with van der Waals surface area (Å²) in [5.74, 6) is -0.210. The van der Waals surface area contributed by atoms with Gasteiger partial charge >= 0.3 is 0 Å². The van der Waals surface area contributed by atoms with Crippen LogP contribution in [0.15, 0.2) is 4.90 Å². The molecule has 0 amide bonds. The summed E-state index contributed by atoms with van der Waals surface area (Å²) in [5, 5.41) is 3.63. The van der Waals surface area contributed by atoms with Gasteiger partial charge in [-0.2, -0.15) is 0 Å². The van der Waals surface area contributed by atoms with Crippen molar-refractivity contribution in [3.63, 3.8) is 0 Å². The predicted molar refractivity (Wildman–Crippen MR) is 77.7 cm³/mol. The Balaban J connectivity index is 2.40. The lowest BCUT2D eigenvalue weighted by atomic mass is 10.1. The largest absolute Gasteiger partial charge is 0.396 e. The number of hydrogen-bond acceptors (Lipinski definition) is 6. The topological polar surface area (TPSA) is 89.3 Å². The summed E-state index contributed by atoms with van der Waals surface area (Å²) in [4.78, 5) is 11.9. The van der Waals surface area contributed by atoms with Crippen molar-refractivity contribution in [2.24, 2.45) is 5.41 Å². The molecule has 1 aliphatic rings. The average molecular weight is 302 g/mol. The van der Waals surface area contributed by atoms with Crippen LogP contribution in [-0.2, 0) is 9.84 Å². The second kappa shape index (κ2) is 4.49. The third-order valence-corrected chi connectivity index (χ3v) is 5.93. The molecule has 0 aliphatic heterocycles. The second-order valence-electron chi connectivity index (χ2n) is 5.50. The summed E-state index contributed by atoms with van der Waals surface area (Å²) in [6.45, 7) is 4.23. The van der Waals surface area contributed by atoms with E-state index in [0.717, 1.165) is 30.4 Å². The molecule has 1 aromatic heterocycles. The maximum absolute atomic E-state index is 11.8. The van der Waals surface area contributed by atoms with Crippen LogP contribution in [0.3, 0.4) is 0 Å². The summed E-state index contributed by atoms with van der Waals surface area (Å²) >= 11 is 1.12. The third-order valence-electron chi connectivity index (χ3n) is 3.37. The molecule has 7 heteroatoms. The molecule has 1 fully saturated rings. The van der Waals surface area contributed by atoms with Crippen LogP contribution < -0.4 is 11.1 Å². The molecule has 0 atom stereocenters. The first-order valence-electron chi connectivity index (χ1n) is 6.01. The molecular weight excluding hydrogens is 284 g/mol. The number of sulfone groups is 1. The van der Waals surface area contributed by atoms with Gasteiger partial charge in [0.1, 0.15) is 9.90 Å². The number of hydrogen-bond donors (Lipinski definition) is 2. The van der Waals surface area contributed by atoms with Gasteiger partial charge in [-0.15, -0.1) is 11.3 Å². The molecule has 1 aromatic rings. The fourth-order valence-corrected chi connectivity index (χ4v) is 4.32. The highest BCUT2D eigenvalue weighted by Crippen LogP contribution is 2.46. The summed E-state index contributed by atoms with van der Waals surface area (Å²) in [6.07, 6.45) is 3.38. The van der Waals surface area contributed by atoms with Crippen molar-refractivity contribution in [1.29, 1.82) is 0 Å². The minimum Gasteiger partial charge on any atom is -0.396 e. The highest BCUT2D eigenvalue weighted by molar-refractivity contribution is 7.91. The Hall–Kier alpha value is -1.08. The van der Waals surface area contributed by atoms with Gasteiger partial charge < -0.3 is 11.1 Å². The van der Waals surface area contributed by atoms with Crippen molar-refractivity contribution in [3.05, 3.63) is 4.88 Å². The number of nitrogen functional groups attached to an aromatic ring is 1. The van der Waals surface area contributed by atoms with Crippen LogP contribution in [0.25, 0.3) is 0 Å². The standard InChI is InChI=1S/C12H18N2O3S2/c1-7(15)9-8(13)10(19(3,16)17)11(18-9)14-6-12(2)4-5-12/h14H,4-6,13H2,1-3H3. The number of carbonyl (C=O) groups excluding carboxylic acids is 1. The molecule has 19 heavy (non-hydrogen) atoms. The first-order chi connectivity index (χ1) is 8.64. The summed E-state index contributed by atoms with van der Waals surface area (Å²) in [7, 11) is -3.45. The third kappa shape index (κ3) is 2.92. The van der Waals surface area contributed by atoms with Crippen molar-refractivity contribution in [1.82, 2.24) is 0 Å². The van der Waals surface area contributed by atoms with E-state index in [4.69, 9.17) is 5.73 Å². The van der Waals surface area contributed by atoms with E-state index in [9.17, 15) is 13.2 Å². The van der Waals surface area contributed by atoms with Gasteiger partial charge in [0.05, 0.1) is 10.6 Å². The second-order valence-corrected chi connectivity index (χ2v) is 8.47. The smallest absolute Gasteiger partial charge is 0.180 e. The molecule has 1 aliphatic carbocycles. The van der Waals surface area contributed by atoms with Gasteiger partial charge in [0.2, 0.25) is 0 Å². The van der Waals surface area contributed by atoms with Crippen LogP contribution in [0.5, 0.6) is 0 Å². The maximum atomic E-state index is 11.8. The normalized spacial score (nSPS) is 17.2. The first-order valence-corrected chi connectivity index (χ1v) is 8.72. The number of thiophene rings is 1. The van der Waals surface area contributed by atoms with Crippen LogP contribution >= 0.6 is 11.3 Å². The zero-order chi connectivity index (χ0) is 14.4. The predicted octanol–water partition coefficient (Wildman–Crippen LogP) is 2.15. The number of nitrogens with two attached hydrogens (primary N) is 1. The van der Waals surface area contributed by atoms with Crippen molar-refractivity contribution < 1.29 is 13.2 Å². The fourth-order valence-electron chi connectivity index (χ4n) is 1.86. The van der Waals surface area contributed by atoms with Crippen molar-refractivity contribution in [3.8, 4) is 0 Å². The molecule has 5 nitrogen and oxygen atoms in total. The van der Waals surface area contributed by atoms with Crippen molar-refractivity contribution >= 4 is 37.6 Å². The van der Waals surface area contributed by atoms with Crippen LogP contribution in [0.1, 0.15) is 36.4 Å². The van der Waals surface area contributed by atoms with Crippen LogP contribution in [0.4, 0.5) is 10.7 Å². The number of anilines is 2. The number of ketones is 1. The minimum atomic E-state index is -3.45. The van der Waals surface area contributed by atoms with E-state index in [1.54, 1.807) is 0 Å². The van der Waals surface area contributed by atoms with E-state index in [2.05, 4.69) is 12.2 Å². The quantitative estimate of drug-likeness (QED) is 0.813. The highest BCUT2D eigenvalue weighted by Gasteiger charge is 2.37. The van der Waals surface area contributed by atoms with E-state index in [1.807, 2.05) is 0 Å². The Labute approximate surface area is 117 Å². The van der Waals surface area contributed by atoms with Gasteiger partial charge in [-0.3, -0.25) is 4.79 Å². The maximum Gasteiger partial charge on any atom is 0.180 e. The molecule has 106 valence electrons. The van der Waals surface area contributed by atoms with Gasteiger partial charge in [-0.1, -0.05) is 6.92 Å². The van der Waals surface area contributed by atoms with E-state index in [1.165, 1.54) is 6.92 Å². The molecule has 2 rings (SSSR count). The van der Waals surface area contributed by atoms with Gasteiger partial charge in [0, 0.05) is 19.7 Å². The monoisotopic (exact) mass is 302 g/mol. The average Bonchev–Trinajstić information content (AvgIpc) is 2.87. The van der Waals surface area contributed by atoms with Crippen molar-refractivity contribution in [2.75, 3.05) is 23.9 Å². The fraction of sp³-hybridized carbons (Fsp3) is 0.583. The SMILES string of the molecule is CC(=O)c1sc(NCC2(C)CC2)c(S(C)(=O)=O)c1N. The van der Waals surface area contributed by atoms with E-state index >= 15 is 0 Å². The molecule has 3 N–H and O–H groups in total. The zero-order valence-electron chi connectivity index (χ0n) is 11.2. The Morgan fingerprint density at radius 2 is 2.05 bits per heavy atom. The zero-order valence-corrected chi connectivity index (χ0v) is 12.9. The number of carbonyl (C=O) groups is 1. The molecule has 0 spiro atoms. The van der Waals surface area contributed by atoms with Crippen LogP contribution in [0, 0.1) is 5.41 Å². The number of rotatable bonds is 5. The molecule has 0 radical (unpaired) electrons. The van der Waals surface area contributed by atoms with Crippen molar-refractivity contribution in [2.45, 2.75) is 31.6 Å². The molecule has 0 unspecified atom stereocenters. The van der Waals surface area contributed by atoms with Crippen LogP contribution in [-0.4, -0.2) is 27.0 Å². The Bertz CT molecular complexity index is 628. The number of Topliss-reactive ketones (excluding diaryl/α,β-unsaturated/α-hetero) is 1. The van der Waals surface area contributed by atoms with Gasteiger partial charge in [-0.25, -0.2) is 8.42 Å².